The highest BCUT2D eigenvalue weighted by molar-refractivity contribution is 6.10. The molecule has 6 nitrogen and oxygen atoms in total. The van der Waals surface area contributed by atoms with Crippen LogP contribution in [0.15, 0.2) is 78.9 Å². The number of amides is 2. The second kappa shape index (κ2) is 11.5. The molecule has 0 bridgehead atoms. The zero-order valence-electron chi connectivity index (χ0n) is 23.2. The van der Waals surface area contributed by atoms with E-state index in [1.54, 1.807) is 7.11 Å². The molecule has 0 aromatic heterocycles. The number of methoxy groups -OCH3 is 1. The van der Waals surface area contributed by atoms with Gasteiger partial charge in [0.15, 0.2) is 0 Å². The van der Waals surface area contributed by atoms with Gasteiger partial charge in [0.25, 0.3) is 0 Å². The summed E-state index contributed by atoms with van der Waals surface area (Å²) in [5.74, 6) is 0.678. The fourth-order valence-corrected chi connectivity index (χ4v) is 5.29. The normalized spacial score (nSPS) is 14.3. The SMILES string of the molecule is COc1c(NC(=O)Nc2ccc(-c3ccccc3CN3CCOCC3)c3ccccc23)cccc1C(C)(C)C. The molecule has 0 unspecified atom stereocenters. The van der Waals surface area contributed by atoms with Gasteiger partial charge in [-0.05, 0) is 39.6 Å². The number of nitrogens with zero attached hydrogens (tertiary/aromatic N) is 1. The second-order valence-corrected chi connectivity index (χ2v) is 11.0. The van der Waals surface area contributed by atoms with Crippen LogP contribution in [0.5, 0.6) is 5.75 Å². The quantitative estimate of drug-likeness (QED) is 0.279. The number of ether oxygens (including phenoxy) is 2. The van der Waals surface area contributed by atoms with Crippen molar-refractivity contribution in [3.63, 3.8) is 0 Å². The molecule has 202 valence electrons. The lowest BCUT2D eigenvalue weighted by Gasteiger charge is -2.27. The van der Waals surface area contributed by atoms with Crippen LogP contribution < -0.4 is 15.4 Å². The molecule has 4 aromatic rings. The van der Waals surface area contributed by atoms with Crippen molar-refractivity contribution in [2.45, 2.75) is 32.7 Å². The first-order valence-electron chi connectivity index (χ1n) is 13.5. The molecular weight excluding hydrogens is 486 g/mol. The third-order valence-electron chi connectivity index (χ3n) is 7.25. The molecule has 1 fully saturated rings. The fourth-order valence-electron chi connectivity index (χ4n) is 5.29. The van der Waals surface area contributed by atoms with Gasteiger partial charge in [-0.3, -0.25) is 4.90 Å². The van der Waals surface area contributed by atoms with Crippen LogP contribution in [-0.4, -0.2) is 44.3 Å². The van der Waals surface area contributed by atoms with Crippen molar-refractivity contribution in [2.75, 3.05) is 44.0 Å². The van der Waals surface area contributed by atoms with E-state index >= 15 is 0 Å². The summed E-state index contributed by atoms with van der Waals surface area (Å²) in [6.45, 7) is 10.7. The van der Waals surface area contributed by atoms with Crippen LogP contribution >= 0.6 is 0 Å². The summed E-state index contributed by atoms with van der Waals surface area (Å²) < 4.78 is 11.2. The molecule has 1 heterocycles. The molecule has 1 aliphatic rings. The van der Waals surface area contributed by atoms with E-state index in [0.29, 0.717) is 11.4 Å². The Morgan fingerprint density at radius 3 is 2.26 bits per heavy atom. The molecule has 2 amide bonds. The highest BCUT2D eigenvalue weighted by Gasteiger charge is 2.22. The fraction of sp³-hybridized carbons (Fsp3) is 0.303. The summed E-state index contributed by atoms with van der Waals surface area (Å²) in [6, 6.07) is 26.4. The molecule has 0 radical (unpaired) electrons. The third-order valence-corrected chi connectivity index (χ3v) is 7.25. The zero-order chi connectivity index (χ0) is 27.4. The van der Waals surface area contributed by atoms with E-state index in [0.717, 1.165) is 60.4 Å². The molecule has 0 spiro atoms. The summed E-state index contributed by atoms with van der Waals surface area (Å²) in [6.07, 6.45) is 0. The highest BCUT2D eigenvalue weighted by atomic mass is 16.5. The molecule has 2 N–H and O–H groups in total. The van der Waals surface area contributed by atoms with E-state index in [1.807, 2.05) is 36.4 Å². The molecular formula is C33H37N3O3. The Morgan fingerprint density at radius 2 is 1.51 bits per heavy atom. The van der Waals surface area contributed by atoms with Gasteiger partial charge in [-0.1, -0.05) is 87.5 Å². The van der Waals surface area contributed by atoms with Crippen molar-refractivity contribution in [2.24, 2.45) is 0 Å². The maximum Gasteiger partial charge on any atom is 0.323 e. The van der Waals surface area contributed by atoms with E-state index < -0.39 is 0 Å². The summed E-state index contributed by atoms with van der Waals surface area (Å²) in [5.41, 5.74) is 5.95. The van der Waals surface area contributed by atoms with E-state index in [2.05, 4.69) is 78.8 Å². The van der Waals surface area contributed by atoms with Crippen LogP contribution in [0, 0.1) is 0 Å². The zero-order valence-corrected chi connectivity index (χ0v) is 23.2. The predicted octanol–water partition coefficient (Wildman–Crippen LogP) is 7.29. The van der Waals surface area contributed by atoms with Crippen molar-refractivity contribution >= 4 is 28.2 Å². The number of rotatable bonds is 6. The number of nitrogens with one attached hydrogen (secondary N) is 2. The molecule has 1 aliphatic heterocycles. The van der Waals surface area contributed by atoms with Gasteiger partial charge >= 0.3 is 6.03 Å². The second-order valence-electron chi connectivity index (χ2n) is 11.0. The average molecular weight is 524 g/mol. The molecule has 6 heteroatoms. The molecule has 39 heavy (non-hydrogen) atoms. The largest absolute Gasteiger partial charge is 0.494 e. The Kier molecular flexibility index (Phi) is 7.87. The van der Waals surface area contributed by atoms with Crippen molar-refractivity contribution in [3.05, 3.63) is 90.0 Å². The lowest BCUT2D eigenvalue weighted by Crippen LogP contribution is -2.35. The van der Waals surface area contributed by atoms with Crippen LogP contribution in [-0.2, 0) is 16.7 Å². The number of carbonyl (C=O) groups excluding carboxylic acids is 1. The van der Waals surface area contributed by atoms with Crippen molar-refractivity contribution in [3.8, 4) is 16.9 Å². The smallest absolute Gasteiger partial charge is 0.323 e. The standard InChI is InChI=1S/C33H37N3O3/c1-33(2,3)28-14-9-15-30(31(28)38-4)35-32(37)34-29-17-16-26(25-12-7-8-13-27(25)29)24-11-6-5-10-23(24)22-36-18-20-39-21-19-36/h5-17H,18-22H2,1-4H3,(H2,34,35,37). The summed E-state index contributed by atoms with van der Waals surface area (Å²) in [5, 5.41) is 8.15. The van der Waals surface area contributed by atoms with Crippen LogP contribution in [0.2, 0.25) is 0 Å². The molecule has 1 saturated heterocycles. The molecule has 0 atom stereocenters. The van der Waals surface area contributed by atoms with Crippen LogP contribution in [0.4, 0.5) is 16.2 Å². The van der Waals surface area contributed by atoms with E-state index in [-0.39, 0.29) is 11.4 Å². The minimum Gasteiger partial charge on any atom is -0.494 e. The van der Waals surface area contributed by atoms with Crippen LogP contribution in [0.25, 0.3) is 21.9 Å². The predicted molar refractivity (Wildman–Crippen MR) is 160 cm³/mol. The average Bonchev–Trinajstić information content (AvgIpc) is 2.94. The first-order valence-corrected chi connectivity index (χ1v) is 13.5. The Hall–Kier alpha value is -3.87. The molecule has 4 aromatic carbocycles. The number of hydrogen-bond acceptors (Lipinski definition) is 4. The summed E-state index contributed by atoms with van der Waals surface area (Å²) >= 11 is 0. The molecule has 0 saturated carbocycles. The number of morpholine rings is 1. The number of anilines is 2. The lowest BCUT2D eigenvalue weighted by atomic mass is 9.86. The number of benzene rings is 4. The Balaban J connectivity index is 1.44. The van der Waals surface area contributed by atoms with Gasteiger partial charge < -0.3 is 20.1 Å². The molecule has 5 rings (SSSR count). The first-order chi connectivity index (χ1) is 18.8. The van der Waals surface area contributed by atoms with Gasteiger partial charge in [0.1, 0.15) is 5.75 Å². The summed E-state index contributed by atoms with van der Waals surface area (Å²) in [4.78, 5) is 15.6. The number of fused-ring (bicyclic) bond motifs is 1. The Labute approximate surface area is 230 Å². The monoisotopic (exact) mass is 523 g/mol. The van der Waals surface area contributed by atoms with E-state index in [9.17, 15) is 4.79 Å². The number of para-hydroxylation sites is 1. The first kappa shape index (κ1) is 26.7. The number of carbonyl (C=O) groups is 1. The number of hydrogen-bond donors (Lipinski definition) is 2. The van der Waals surface area contributed by atoms with Gasteiger partial charge in [0.05, 0.1) is 31.7 Å². The highest BCUT2D eigenvalue weighted by Crippen LogP contribution is 2.38. The van der Waals surface area contributed by atoms with Gasteiger partial charge in [0, 0.05) is 30.6 Å². The lowest BCUT2D eigenvalue weighted by molar-refractivity contribution is 0.0342. The van der Waals surface area contributed by atoms with E-state index in [1.165, 1.54) is 11.1 Å². The Morgan fingerprint density at radius 1 is 0.821 bits per heavy atom. The van der Waals surface area contributed by atoms with Crippen LogP contribution in [0.1, 0.15) is 31.9 Å². The van der Waals surface area contributed by atoms with E-state index in [4.69, 9.17) is 9.47 Å². The maximum absolute atomic E-state index is 13.2. The topological polar surface area (TPSA) is 62.8 Å². The van der Waals surface area contributed by atoms with Gasteiger partial charge in [0.2, 0.25) is 0 Å². The van der Waals surface area contributed by atoms with Gasteiger partial charge in [-0.2, -0.15) is 0 Å². The summed E-state index contributed by atoms with van der Waals surface area (Å²) in [7, 11) is 1.64. The van der Waals surface area contributed by atoms with Crippen molar-refractivity contribution < 1.29 is 14.3 Å². The van der Waals surface area contributed by atoms with Crippen molar-refractivity contribution in [1.82, 2.24) is 4.90 Å². The minimum atomic E-state index is -0.315. The maximum atomic E-state index is 13.2. The molecule has 0 aliphatic carbocycles. The Bertz CT molecular complexity index is 1470. The number of urea groups is 1. The van der Waals surface area contributed by atoms with Crippen molar-refractivity contribution in [1.29, 1.82) is 0 Å². The van der Waals surface area contributed by atoms with Gasteiger partial charge in [-0.25, -0.2) is 4.79 Å². The van der Waals surface area contributed by atoms with Crippen LogP contribution in [0.3, 0.4) is 0 Å². The minimum absolute atomic E-state index is 0.121. The van der Waals surface area contributed by atoms with Gasteiger partial charge in [-0.15, -0.1) is 0 Å². The third kappa shape index (κ3) is 5.92.